The standard InChI is InChI=1S/C15H24FNO2/c1-11(10-18)5-4-8-17-12(2)13-6-7-15(19-3)14(16)9-13/h6-7,9,11-12,17-18H,4-5,8,10H2,1-3H3. The maximum Gasteiger partial charge on any atom is 0.165 e. The van der Waals surface area contributed by atoms with Crippen LogP contribution < -0.4 is 10.1 Å². The highest BCUT2D eigenvalue weighted by atomic mass is 19.1. The molecule has 2 N–H and O–H groups in total. The van der Waals surface area contributed by atoms with Crippen molar-refractivity contribution in [1.29, 1.82) is 0 Å². The molecule has 1 aromatic carbocycles. The van der Waals surface area contributed by atoms with Crippen molar-refractivity contribution in [3.05, 3.63) is 29.6 Å². The summed E-state index contributed by atoms with van der Waals surface area (Å²) in [5, 5.41) is 12.3. The predicted octanol–water partition coefficient (Wildman–Crippen LogP) is 2.89. The smallest absolute Gasteiger partial charge is 0.165 e. The highest BCUT2D eigenvalue weighted by Crippen LogP contribution is 2.21. The van der Waals surface area contributed by atoms with E-state index in [-0.39, 0.29) is 24.2 Å². The molecule has 0 bridgehead atoms. The minimum Gasteiger partial charge on any atom is -0.494 e. The van der Waals surface area contributed by atoms with Crippen molar-refractivity contribution in [1.82, 2.24) is 5.32 Å². The minimum absolute atomic E-state index is 0.102. The first-order chi connectivity index (χ1) is 9.08. The van der Waals surface area contributed by atoms with Gasteiger partial charge in [-0.25, -0.2) is 4.39 Å². The second-order valence-corrected chi connectivity index (χ2v) is 5.00. The lowest BCUT2D eigenvalue weighted by molar-refractivity contribution is 0.227. The molecule has 0 amide bonds. The monoisotopic (exact) mass is 269 g/mol. The van der Waals surface area contributed by atoms with Gasteiger partial charge in [0.1, 0.15) is 0 Å². The van der Waals surface area contributed by atoms with Gasteiger partial charge in [0.25, 0.3) is 0 Å². The van der Waals surface area contributed by atoms with Crippen LogP contribution in [0.3, 0.4) is 0 Å². The van der Waals surface area contributed by atoms with Crippen molar-refractivity contribution >= 4 is 0 Å². The Morgan fingerprint density at radius 1 is 1.37 bits per heavy atom. The second kappa shape index (κ2) is 8.12. The Bertz CT molecular complexity index is 384. The van der Waals surface area contributed by atoms with Crippen LogP contribution in [0.25, 0.3) is 0 Å². The molecule has 0 aliphatic carbocycles. The molecule has 0 spiro atoms. The van der Waals surface area contributed by atoms with E-state index >= 15 is 0 Å². The molecule has 0 aromatic heterocycles. The number of aliphatic hydroxyl groups is 1. The predicted molar refractivity (Wildman–Crippen MR) is 74.9 cm³/mol. The third-order valence-corrected chi connectivity index (χ3v) is 3.31. The Morgan fingerprint density at radius 3 is 2.68 bits per heavy atom. The maximum atomic E-state index is 13.6. The number of aliphatic hydroxyl groups excluding tert-OH is 1. The van der Waals surface area contributed by atoms with E-state index in [1.807, 2.05) is 19.9 Å². The maximum absolute atomic E-state index is 13.6. The van der Waals surface area contributed by atoms with Crippen LogP contribution in [0, 0.1) is 11.7 Å². The SMILES string of the molecule is COc1ccc(C(C)NCCCC(C)CO)cc1F. The molecule has 108 valence electrons. The molecule has 1 rings (SSSR count). The van der Waals surface area contributed by atoms with Gasteiger partial charge in [0.15, 0.2) is 11.6 Å². The zero-order valence-electron chi connectivity index (χ0n) is 11.9. The Morgan fingerprint density at radius 2 is 2.11 bits per heavy atom. The number of nitrogens with one attached hydrogen (secondary N) is 1. The van der Waals surface area contributed by atoms with Crippen LogP contribution in [-0.4, -0.2) is 25.4 Å². The topological polar surface area (TPSA) is 41.5 Å². The van der Waals surface area contributed by atoms with Gasteiger partial charge < -0.3 is 15.2 Å². The quantitative estimate of drug-likeness (QED) is 0.713. The Kier molecular flexibility index (Phi) is 6.81. The van der Waals surface area contributed by atoms with Crippen LogP contribution in [0.4, 0.5) is 4.39 Å². The third kappa shape index (κ3) is 5.17. The summed E-state index contributed by atoms with van der Waals surface area (Å²) in [4.78, 5) is 0. The van der Waals surface area contributed by atoms with Crippen LogP contribution in [0.1, 0.15) is 38.3 Å². The van der Waals surface area contributed by atoms with Gasteiger partial charge in [0, 0.05) is 12.6 Å². The second-order valence-electron chi connectivity index (χ2n) is 5.00. The molecular weight excluding hydrogens is 245 g/mol. The summed E-state index contributed by atoms with van der Waals surface area (Å²) in [6.45, 7) is 5.14. The number of halogens is 1. The lowest BCUT2D eigenvalue weighted by atomic mass is 10.1. The highest BCUT2D eigenvalue weighted by molar-refractivity contribution is 5.30. The van der Waals surface area contributed by atoms with Gasteiger partial charge in [0.2, 0.25) is 0 Å². The van der Waals surface area contributed by atoms with Gasteiger partial charge in [-0.15, -0.1) is 0 Å². The van der Waals surface area contributed by atoms with E-state index in [0.29, 0.717) is 5.92 Å². The summed E-state index contributed by atoms with van der Waals surface area (Å²) in [5.41, 5.74) is 0.911. The summed E-state index contributed by atoms with van der Waals surface area (Å²) in [5.74, 6) is 0.283. The summed E-state index contributed by atoms with van der Waals surface area (Å²) in [6.07, 6.45) is 2.00. The average molecular weight is 269 g/mol. The van der Waals surface area contributed by atoms with Crippen LogP contribution in [0.15, 0.2) is 18.2 Å². The number of benzene rings is 1. The fourth-order valence-electron chi connectivity index (χ4n) is 1.93. The van der Waals surface area contributed by atoms with E-state index in [4.69, 9.17) is 9.84 Å². The van der Waals surface area contributed by atoms with E-state index < -0.39 is 0 Å². The number of hydrogen-bond acceptors (Lipinski definition) is 3. The molecule has 0 heterocycles. The number of hydrogen-bond donors (Lipinski definition) is 2. The molecule has 0 aliphatic heterocycles. The first kappa shape index (κ1) is 15.9. The number of methoxy groups -OCH3 is 1. The molecule has 0 saturated carbocycles. The molecule has 1 aromatic rings. The minimum atomic E-state index is -0.331. The fourth-order valence-corrected chi connectivity index (χ4v) is 1.93. The summed E-state index contributed by atoms with van der Waals surface area (Å²) < 4.78 is 18.5. The van der Waals surface area contributed by atoms with E-state index in [2.05, 4.69) is 5.32 Å². The molecular formula is C15H24FNO2. The largest absolute Gasteiger partial charge is 0.494 e. The Hall–Kier alpha value is -1.13. The van der Waals surface area contributed by atoms with Gasteiger partial charge in [0.05, 0.1) is 7.11 Å². The van der Waals surface area contributed by atoms with Gasteiger partial charge >= 0.3 is 0 Å². The summed E-state index contributed by atoms with van der Waals surface area (Å²) in [6, 6.07) is 5.13. The number of rotatable bonds is 8. The third-order valence-electron chi connectivity index (χ3n) is 3.31. The molecule has 2 atom stereocenters. The molecule has 3 nitrogen and oxygen atoms in total. The highest BCUT2D eigenvalue weighted by Gasteiger charge is 2.09. The van der Waals surface area contributed by atoms with Crippen LogP contribution >= 0.6 is 0 Å². The van der Waals surface area contributed by atoms with E-state index in [1.54, 1.807) is 6.07 Å². The molecule has 0 fully saturated rings. The molecule has 19 heavy (non-hydrogen) atoms. The Balaban J connectivity index is 2.41. The van der Waals surface area contributed by atoms with Crippen LogP contribution in [0.2, 0.25) is 0 Å². The molecule has 0 aliphatic rings. The van der Waals surface area contributed by atoms with Gasteiger partial charge in [-0.2, -0.15) is 0 Å². The molecule has 4 heteroatoms. The van der Waals surface area contributed by atoms with Crippen molar-refractivity contribution in [2.45, 2.75) is 32.7 Å². The van der Waals surface area contributed by atoms with Gasteiger partial charge in [-0.3, -0.25) is 0 Å². The zero-order chi connectivity index (χ0) is 14.3. The lowest BCUT2D eigenvalue weighted by Crippen LogP contribution is -2.20. The van der Waals surface area contributed by atoms with Gasteiger partial charge in [-0.1, -0.05) is 13.0 Å². The van der Waals surface area contributed by atoms with Crippen LogP contribution in [-0.2, 0) is 0 Å². The average Bonchev–Trinajstić information content (AvgIpc) is 2.42. The first-order valence-electron chi connectivity index (χ1n) is 6.76. The fraction of sp³-hybridized carbons (Fsp3) is 0.600. The molecule has 2 unspecified atom stereocenters. The van der Waals surface area contributed by atoms with Crippen molar-refractivity contribution < 1.29 is 14.2 Å². The number of ether oxygens (including phenoxy) is 1. The van der Waals surface area contributed by atoms with E-state index in [9.17, 15) is 4.39 Å². The molecule has 0 radical (unpaired) electrons. The van der Waals surface area contributed by atoms with Crippen molar-refractivity contribution in [2.75, 3.05) is 20.3 Å². The van der Waals surface area contributed by atoms with E-state index in [1.165, 1.54) is 13.2 Å². The van der Waals surface area contributed by atoms with Crippen LogP contribution in [0.5, 0.6) is 5.75 Å². The summed E-state index contributed by atoms with van der Waals surface area (Å²) >= 11 is 0. The molecule has 0 saturated heterocycles. The zero-order valence-corrected chi connectivity index (χ0v) is 11.9. The summed E-state index contributed by atoms with van der Waals surface area (Å²) in [7, 11) is 1.46. The van der Waals surface area contributed by atoms with Crippen molar-refractivity contribution in [3.63, 3.8) is 0 Å². The first-order valence-corrected chi connectivity index (χ1v) is 6.76. The van der Waals surface area contributed by atoms with E-state index in [0.717, 1.165) is 24.9 Å². The van der Waals surface area contributed by atoms with Crippen molar-refractivity contribution in [3.8, 4) is 5.75 Å². The normalized spacial score (nSPS) is 14.2. The lowest BCUT2D eigenvalue weighted by Gasteiger charge is -2.16. The van der Waals surface area contributed by atoms with Gasteiger partial charge in [-0.05, 0) is 49.9 Å². The Labute approximate surface area is 114 Å². The van der Waals surface area contributed by atoms with Crippen molar-refractivity contribution in [2.24, 2.45) is 5.92 Å².